The van der Waals surface area contributed by atoms with E-state index < -0.39 is 6.04 Å². The van der Waals surface area contributed by atoms with Gasteiger partial charge < -0.3 is 10.2 Å². The normalized spacial score (nSPS) is 11.8. The lowest BCUT2D eigenvalue weighted by Gasteiger charge is -2.33. The van der Waals surface area contributed by atoms with Gasteiger partial charge in [0, 0.05) is 36.4 Å². The van der Waals surface area contributed by atoms with Crippen molar-refractivity contribution >= 4 is 23.4 Å². The Bertz CT molecular complexity index is 1300. The van der Waals surface area contributed by atoms with E-state index in [9.17, 15) is 9.59 Å². The van der Waals surface area contributed by atoms with Gasteiger partial charge in [-0.25, -0.2) is 0 Å². The van der Waals surface area contributed by atoms with Crippen LogP contribution in [0.15, 0.2) is 115 Å². The second-order valence-corrected chi connectivity index (χ2v) is 10.5. The van der Waals surface area contributed by atoms with Crippen LogP contribution in [0.5, 0.6) is 0 Å². The molecule has 0 fully saturated rings. The van der Waals surface area contributed by atoms with Gasteiger partial charge in [-0.3, -0.25) is 9.59 Å². The third-order valence-corrected chi connectivity index (χ3v) is 6.96. The molecule has 0 bridgehead atoms. The quantitative estimate of drug-likeness (QED) is 0.223. The predicted octanol–water partition coefficient (Wildman–Crippen LogP) is 7.03. The molecule has 4 aromatic rings. The molecule has 39 heavy (non-hydrogen) atoms. The van der Waals surface area contributed by atoms with Crippen LogP contribution < -0.4 is 5.32 Å². The molecule has 2 amide bonds. The minimum absolute atomic E-state index is 0.0553. The predicted molar refractivity (Wildman–Crippen MR) is 159 cm³/mol. The van der Waals surface area contributed by atoms with E-state index in [1.165, 1.54) is 0 Å². The first-order valence-electron chi connectivity index (χ1n) is 13.4. The third-order valence-electron chi connectivity index (χ3n) is 6.73. The summed E-state index contributed by atoms with van der Waals surface area (Å²) in [5.74, 6) is -0.403. The van der Waals surface area contributed by atoms with E-state index in [1.807, 2.05) is 105 Å². The number of hydrogen-bond acceptors (Lipinski definition) is 2. The fourth-order valence-electron chi connectivity index (χ4n) is 4.86. The van der Waals surface area contributed by atoms with Gasteiger partial charge in [0.15, 0.2) is 0 Å². The van der Waals surface area contributed by atoms with Crippen molar-refractivity contribution in [3.05, 3.63) is 143 Å². The van der Waals surface area contributed by atoms with E-state index in [2.05, 4.69) is 29.6 Å². The summed E-state index contributed by atoms with van der Waals surface area (Å²) in [5, 5.41) is 3.65. The van der Waals surface area contributed by atoms with Gasteiger partial charge >= 0.3 is 0 Å². The maximum atomic E-state index is 14.3. The molecule has 0 aliphatic carbocycles. The first kappa shape index (κ1) is 28.1. The Morgan fingerprint density at radius 2 is 1.28 bits per heavy atom. The Hall–Kier alpha value is -3.89. The zero-order valence-electron chi connectivity index (χ0n) is 22.5. The molecular formula is C34H35ClN2O2. The van der Waals surface area contributed by atoms with Crippen LogP contribution in [-0.2, 0) is 22.6 Å². The van der Waals surface area contributed by atoms with Gasteiger partial charge in [-0.1, -0.05) is 115 Å². The summed E-state index contributed by atoms with van der Waals surface area (Å²) >= 11 is 6.31. The summed E-state index contributed by atoms with van der Waals surface area (Å²) in [5.41, 5.74) is 3.99. The number of carbonyl (C=O) groups is 2. The van der Waals surface area contributed by atoms with Crippen LogP contribution in [0.25, 0.3) is 0 Å². The maximum Gasteiger partial charge on any atom is 0.243 e. The number of rotatable bonds is 11. The molecule has 1 N–H and O–H groups in total. The Morgan fingerprint density at radius 3 is 1.82 bits per heavy atom. The van der Waals surface area contributed by atoms with Crippen LogP contribution in [0, 0.1) is 0 Å². The van der Waals surface area contributed by atoms with Crippen molar-refractivity contribution in [3.8, 4) is 0 Å². The zero-order valence-corrected chi connectivity index (χ0v) is 23.2. The van der Waals surface area contributed by atoms with Crippen molar-refractivity contribution in [1.82, 2.24) is 10.2 Å². The highest BCUT2D eigenvalue weighted by molar-refractivity contribution is 6.30. The minimum Gasteiger partial charge on any atom is -0.352 e. The zero-order chi connectivity index (χ0) is 27.6. The van der Waals surface area contributed by atoms with Crippen LogP contribution >= 0.6 is 11.6 Å². The molecule has 1 atom stereocenters. The van der Waals surface area contributed by atoms with Gasteiger partial charge in [-0.15, -0.1) is 0 Å². The molecule has 0 heterocycles. The third kappa shape index (κ3) is 8.05. The molecule has 4 aromatic carbocycles. The first-order valence-corrected chi connectivity index (χ1v) is 13.8. The summed E-state index contributed by atoms with van der Waals surface area (Å²) in [4.78, 5) is 29.7. The highest BCUT2D eigenvalue weighted by Crippen LogP contribution is 2.30. The van der Waals surface area contributed by atoms with Crippen LogP contribution in [-0.4, -0.2) is 28.8 Å². The van der Waals surface area contributed by atoms with Crippen LogP contribution in [0.1, 0.15) is 48.4 Å². The van der Waals surface area contributed by atoms with Crippen molar-refractivity contribution in [2.24, 2.45) is 0 Å². The van der Waals surface area contributed by atoms with E-state index in [-0.39, 0.29) is 36.7 Å². The van der Waals surface area contributed by atoms with Gasteiger partial charge in [0.2, 0.25) is 11.8 Å². The van der Waals surface area contributed by atoms with E-state index in [0.29, 0.717) is 11.4 Å². The smallest absolute Gasteiger partial charge is 0.243 e. The van der Waals surface area contributed by atoms with E-state index in [0.717, 1.165) is 22.3 Å². The molecule has 4 nitrogen and oxygen atoms in total. The molecular weight excluding hydrogens is 504 g/mol. The van der Waals surface area contributed by atoms with Crippen molar-refractivity contribution in [2.75, 3.05) is 0 Å². The lowest BCUT2D eigenvalue weighted by atomic mass is 9.87. The summed E-state index contributed by atoms with van der Waals surface area (Å²) in [7, 11) is 0. The van der Waals surface area contributed by atoms with Crippen LogP contribution in [0.3, 0.4) is 0 Å². The number of nitrogens with one attached hydrogen (secondary N) is 1. The monoisotopic (exact) mass is 538 g/mol. The van der Waals surface area contributed by atoms with Gasteiger partial charge in [0.25, 0.3) is 0 Å². The molecule has 0 radical (unpaired) electrons. The molecule has 4 rings (SSSR count). The Kier molecular flexibility index (Phi) is 9.93. The van der Waals surface area contributed by atoms with Crippen molar-refractivity contribution in [2.45, 2.75) is 51.2 Å². The Balaban J connectivity index is 1.73. The maximum absolute atomic E-state index is 14.3. The molecule has 0 spiro atoms. The van der Waals surface area contributed by atoms with Crippen molar-refractivity contribution in [3.63, 3.8) is 0 Å². The summed E-state index contributed by atoms with van der Waals surface area (Å²) in [6.07, 6.45) is 0.641. The highest BCUT2D eigenvalue weighted by atomic mass is 35.5. The van der Waals surface area contributed by atoms with Gasteiger partial charge in [0.1, 0.15) is 6.04 Å². The number of carbonyl (C=O) groups excluding carboxylic acids is 2. The fraction of sp³-hybridized carbons (Fsp3) is 0.235. The lowest BCUT2D eigenvalue weighted by molar-refractivity contribution is -0.141. The molecule has 0 saturated heterocycles. The molecule has 200 valence electrons. The second kappa shape index (κ2) is 13.8. The average Bonchev–Trinajstić information content (AvgIpc) is 2.94. The number of halogens is 1. The molecule has 0 aliphatic rings. The Labute approximate surface area is 236 Å². The van der Waals surface area contributed by atoms with Crippen molar-refractivity contribution in [1.29, 1.82) is 0 Å². The number of nitrogens with zero attached hydrogens (tertiary/aromatic N) is 1. The van der Waals surface area contributed by atoms with Crippen LogP contribution in [0.2, 0.25) is 5.02 Å². The molecule has 5 heteroatoms. The molecule has 0 unspecified atom stereocenters. The second-order valence-electron chi connectivity index (χ2n) is 10.1. The largest absolute Gasteiger partial charge is 0.352 e. The Morgan fingerprint density at radius 1 is 0.744 bits per heavy atom. The molecule has 0 aliphatic heterocycles. The van der Waals surface area contributed by atoms with E-state index >= 15 is 0 Å². The highest BCUT2D eigenvalue weighted by Gasteiger charge is 2.32. The number of amides is 2. The van der Waals surface area contributed by atoms with Crippen LogP contribution in [0.4, 0.5) is 0 Å². The number of hydrogen-bond donors (Lipinski definition) is 1. The number of benzene rings is 4. The van der Waals surface area contributed by atoms with E-state index in [4.69, 9.17) is 11.6 Å². The fourth-order valence-corrected chi connectivity index (χ4v) is 5.07. The van der Waals surface area contributed by atoms with Gasteiger partial charge in [-0.2, -0.15) is 0 Å². The summed E-state index contributed by atoms with van der Waals surface area (Å²) in [6, 6.07) is 36.7. The van der Waals surface area contributed by atoms with Crippen molar-refractivity contribution < 1.29 is 9.59 Å². The average molecular weight is 539 g/mol. The van der Waals surface area contributed by atoms with Gasteiger partial charge in [-0.05, 0) is 48.2 Å². The minimum atomic E-state index is -0.687. The topological polar surface area (TPSA) is 49.4 Å². The standard InChI is InChI=1S/C34H35ClN2O2/c1-25(2)36-34(39)32(22-26-13-6-3-7-14-26)37(24-27-15-12-20-30(35)21-27)33(38)23-31(28-16-8-4-9-17-28)29-18-10-5-11-19-29/h3-21,25,31-32H,22-24H2,1-2H3,(H,36,39)/t32-/m1/s1. The van der Waals surface area contributed by atoms with E-state index in [1.54, 1.807) is 4.90 Å². The summed E-state index contributed by atoms with van der Waals surface area (Å²) < 4.78 is 0. The lowest BCUT2D eigenvalue weighted by Crippen LogP contribution is -2.52. The van der Waals surface area contributed by atoms with Gasteiger partial charge in [0.05, 0.1) is 0 Å². The summed E-state index contributed by atoms with van der Waals surface area (Å²) in [6.45, 7) is 4.14. The molecule has 0 saturated carbocycles. The first-order chi connectivity index (χ1) is 18.9. The SMILES string of the molecule is CC(C)NC(=O)[C@@H](Cc1ccccc1)N(Cc1cccc(Cl)c1)C(=O)CC(c1ccccc1)c1ccccc1. The molecule has 0 aromatic heterocycles.